The van der Waals surface area contributed by atoms with Gasteiger partial charge >= 0.3 is 5.97 Å². The summed E-state index contributed by atoms with van der Waals surface area (Å²) in [6, 6.07) is 9.25. The van der Waals surface area contributed by atoms with E-state index in [9.17, 15) is 14.4 Å². The molecule has 0 bridgehead atoms. The molecule has 2 rings (SSSR count). The third-order valence-corrected chi connectivity index (χ3v) is 3.63. The van der Waals surface area contributed by atoms with Crippen molar-refractivity contribution in [3.05, 3.63) is 35.9 Å². The molecule has 1 saturated heterocycles. The number of primary amides is 1. The molecule has 0 unspecified atom stereocenters. The van der Waals surface area contributed by atoms with Gasteiger partial charge in [-0.05, 0) is 12.5 Å². The Morgan fingerprint density at radius 1 is 1.35 bits per heavy atom. The molecular weight excluding hydrogens is 322 g/mol. The van der Waals surface area contributed by atoms with Gasteiger partial charge in [-0.1, -0.05) is 30.3 Å². The zero-order valence-corrected chi connectivity index (χ0v) is 13.6. The van der Waals surface area contributed by atoms with E-state index in [2.05, 4.69) is 5.32 Å². The predicted molar refractivity (Wildman–Crippen MR) is 85.7 cm³/mol. The average Bonchev–Trinajstić information content (AvgIpc) is 2.51. The number of ether oxygens (including phenoxy) is 1. The number of rotatable bonds is 5. The van der Waals surface area contributed by atoms with E-state index in [0.29, 0.717) is 13.1 Å². The number of halogens is 1. The van der Waals surface area contributed by atoms with Crippen LogP contribution >= 0.6 is 12.4 Å². The number of nitrogens with two attached hydrogens (primary N) is 1. The number of carbonyl (C=O) groups is 3. The number of nitrogens with one attached hydrogen (secondary N) is 1. The van der Waals surface area contributed by atoms with Gasteiger partial charge in [0.25, 0.3) is 5.91 Å². The molecule has 0 radical (unpaired) electrons. The van der Waals surface area contributed by atoms with Gasteiger partial charge in [0, 0.05) is 13.1 Å². The molecule has 0 spiro atoms. The zero-order valence-electron chi connectivity index (χ0n) is 12.8. The van der Waals surface area contributed by atoms with Crippen LogP contribution in [0.5, 0.6) is 0 Å². The van der Waals surface area contributed by atoms with Crippen molar-refractivity contribution >= 4 is 30.2 Å². The molecule has 3 N–H and O–H groups in total. The highest BCUT2D eigenvalue weighted by atomic mass is 35.5. The van der Waals surface area contributed by atoms with Gasteiger partial charge in [-0.2, -0.15) is 0 Å². The number of benzene rings is 1. The lowest BCUT2D eigenvalue weighted by atomic mass is 9.97. The summed E-state index contributed by atoms with van der Waals surface area (Å²) in [4.78, 5) is 36.8. The Labute approximate surface area is 140 Å². The summed E-state index contributed by atoms with van der Waals surface area (Å²) in [5.41, 5.74) is 4.65. The monoisotopic (exact) mass is 341 g/mol. The molecular formula is C15H20ClN3O4. The maximum absolute atomic E-state index is 12.3. The van der Waals surface area contributed by atoms with Crippen LogP contribution in [0.25, 0.3) is 0 Å². The third-order valence-electron chi connectivity index (χ3n) is 3.63. The van der Waals surface area contributed by atoms with Crippen LogP contribution in [0, 0.1) is 0 Å². The van der Waals surface area contributed by atoms with Gasteiger partial charge in [0.1, 0.15) is 13.2 Å². The lowest BCUT2D eigenvalue weighted by molar-refractivity contribution is -0.156. The van der Waals surface area contributed by atoms with Crippen molar-refractivity contribution in [3.63, 3.8) is 0 Å². The molecule has 2 amide bonds. The smallest absolute Gasteiger partial charge is 0.325 e. The van der Waals surface area contributed by atoms with Crippen molar-refractivity contribution in [1.29, 1.82) is 0 Å². The topological polar surface area (TPSA) is 102 Å². The molecule has 1 atom stereocenters. The number of carbonyl (C=O) groups excluding carboxylic acids is 3. The molecule has 1 aliphatic heterocycles. The van der Waals surface area contributed by atoms with Crippen LogP contribution in [0.2, 0.25) is 0 Å². The lowest BCUT2D eigenvalue weighted by Crippen LogP contribution is -2.68. The van der Waals surface area contributed by atoms with Crippen molar-refractivity contribution in [2.45, 2.75) is 19.1 Å². The minimum Gasteiger partial charge on any atom is -0.459 e. The van der Waals surface area contributed by atoms with E-state index >= 15 is 0 Å². The minimum atomic E-state index is -1.47. The number of hydrogen-bond acceptors (Lipinski definition) is 5. The van der Waals surface area contributed by atoms with Crippen molar-refractivity contribution in [3.8, 4) is 0 Å². The maximum atomic E-state index is 12.3. The van der Waals surface area contributed by atoms with E-state index in [0.717, 1.165) is 5.56 Å². The van der Waals surface area contributed by atoms with Gasteiger partial charge < -0.3 is 15.4 Å². The Hall–Kier alpha value is -2.12. The molecule has 7 nitrogen and oxygen atoms in total. The second-order valence-corrected chi connectivity index (χ2v) is 5.29. The summed E-state index contributed by atoms with van der Waals surface area (Å²) in [6.45, 7) is 2.07. The minimum absolute atomic E-state index is 0. The zero-order chi connectivity index (χ0) is 16.2. The highest BCUT2D eigenvalue weighted by Crippen LogP contribution is 2.13. The van der Waals surface area contributed by atoms with E-state index in [4.69, 9.17) is 10.5 Å². The second kappa shape index (κ2) is 7.94. The van der Waals surface area contributed by atoms with Gasteiger partial charge in [-0.3, -0.25) is 19.7 Å². The van der Waals surface area contributed by atoms with Crippen LogP contribution < -0.4 is 11.1 Å². The molecule has 1 heterocycles. The SMILES string of the molecule is C[C@]1(C(N)=O)NCCN(CC(=O)OCc2ccccc2)C1=O.Cl. The highest BCUT2D eigenvalue weighted by molar-refractivity contribution is 6.09. The fourth-order valence-electron chi connectivity index (χ4n) is 2.22. The van der Waals surface area contributed by atoms with Gasteiger partial charge in [0.15, 0.2) is 5.54 Å². The van der Waals surface area contributed by atoms with Gasteiger partial charge in [0.2, 0.25) is 5.91 Å². The summed E-state index contributed by atoms with van der Waals surface area (Å²) < 4.78 is 5.14. The number of piperazine rings is 1. The largest absolute Gasteiger partial charge is 0.459 e. The van der Waals surface area contributed by atoms with Gasteiger partial charge in [-0.25, -0.2) is 0 Å². The van der Waals surface area contributed by atoms with Crippen molar-refractivity contribution < 1.29 is 19.1 Å². The van der Waals surface area contributed by atoms with Crippen LogP contribution in [-0.2, 0) is 25.7 Å². The first-order chi connectivity index (χ1) is 10.4. The van der Waals surface area contributed by atoms with E-state index < -0.39 is 23.3 Å². The Morgan fingerprint density at radius 2 is 2.00 bits per heavy atom. The Kier molecular flexibility index (Phi) is 6.53. The normalized spacial score (nSPS) is 20.6. The number of esters is 1. The van der Waals surface area contributed by atoms with E-state index in [1.165, 1.54) is 11.8 Å². The quantitative estimate of drug-likeness (QED) is 0.572. The Balaban J connectivity index is 0.00000264. The molecule has 1 aromatic rings. The van der Waals surface area contributed by atoms with Gasteiger partial charge in [-0.15, -0.1) is 12.4 Å². The summed E-state index contributed by atoms with van der Waals surface area (Å²) in [6.07, 6.45) is 0. The van der Waals surface area contributed by atoms with Crippen molar-refractivity contribution in [2.24, 2.45) is 5.73 Å². The predicted octanol–water partition coefficient (Wildman–Crippen LogP) is -0.173. The van der Waals surface area contributed by atoms with Gasteiger partial charge in [0.05, 0.1) is 0 Å². The van der Waals surface area contributed by atoms with Crippen LogP contribution in [0.3, 0.4) is 0 Å². The Morgan fingerprint density at radius 3 is 2.61 bits per heavy atom. The molecule has 1 aliphatic rings. The van der Waals surface area contributed by atoms with E-state index in [-0.39, 0.29) is 25.6 Å². The average molecular weight is 342 g/mol. The first-order valence-corrected chi connectivity index (χ1v) is 6.97. The fraction of sp³-hybridized carbons (Fsp3) is 0.400. The molecule has 1 fully saturated rings. The summed E-state index contributed by atoms with van der Waals surface area (Å²) in [5, 5.41) is 2.79. The molecule has 8 heteroatoms. The molecule has 0 aliphatic carbocycles. The standard InChI is InChI=1S/C15H19N3O4.ClH/c1-15(13(16)20)14(21)18(8-7-17-15)9-12(19)22-10-11-5-3-2-4-6-11;/h2-6,17H,7-10H2,1H3,(H2,16,20);1H/t15-;/m1./s1. The first-order valence-electron chi connectivity index (χ1n) is 6.97. The Bertz CT molecular complexity index is 581. The first kappa shape index (κ1) is 18.9. The highest BCUT2D eigenvalue weighted by Gasteiger charge is 2.45. The molecule has 0 saturated carbocycles. The van der Waals surface area contributed by atoms with E-state index in [1.807, 2.05) is 30.3 Å². The van der Waals surface area contributed by atoms with Crippen LogP contribution in [0.1, 0.15) is 12.5 Å². The van der Waals surface area contributed by atoms with Crippen LogP contribution in [0.4, 0.5) is 0 Å². The second-order valence-electron chi connectivity index (χ2n) is 5.29. The number of nitrogens with zero attached hydrogens (tertiary/aromatic N) is 1. The fourth-order valence-corrected chi connectivity index (χ4v) is 2.22. The van der Waals surface area contributed by atoms with Crippen LogP contribution in [-0.4, -0.2) is 47.9 Å². The van der Waals surface area contributed by atoms with Crippen LogP contribution in [0.15, 0.2) is 30.3 Å². The summed E-state index contributed by atoms with van der Waals surface area (Å²) in [5.74, 6) is -1.80. The summed E-state index contributed by atoms with van der Waals surface area (Å²) >= 11 is 0. The van der Waals surface area contributed by atoms with Crippen molar-refractivity contribution in [2.75, 3.05) is 19.6 Å². The summed E-state index contributed by atoms with van der Waals surface area (Å²) in [7, 11) is 0. The molecule has 1 aromatic carbocycles. The lowest BCUT2D eigenvalue weighted by Gasteiger charge is -2.37. The maximum Gasteiger partial charge on any atom is 0.325 e. The number of hydrogen-bond donors (Lipinski definition) is 2. The van der Waals surface area contributed by atoms with E-state index in [1.54, 1.807) is 0 Å². The molecule has 126 valence electrons. The molecule has 0 aromatic heterocycles. The third kappa shape index (κ3) is 4.43. The number of amides is 2. The van der Waals surface area contributed by atoms with Crippen molar-refractivity contribution in [1.82, 2.24) is 10.2 Å². The molecule has 23 heavy (non-hydrogen) atoms.